The van der Waals surface area contributed by atoms with Crippen LogP contribution in [-0.2, 0) is 14.4 Å². The van der Waals surface area contributed by atoms with Crippen LogP contribution in [0.2, 0.25) is 0 Å². The van der Waals surface area contributed by atoms with Gasteiger partial charge in [-0.05, 0) is 36.3 Å². The van der Waals surface area contributed by atoms with Gasteiger partial charge >= 0.3 is 5.97 Å². The van der Waals surface area contributed by atoms with Gasteiger partial charge in [-0.2, -0.15) is 5.06 Å². The molecule has 122 valence electrons. The lowest BCUT2D eigenvalue weighted by atomic mass is 9.70. The van der Waals surface area contributed by atoms with Crippen LogP contribution in [0, 0.1) is 16.7 Å². The molecule has 0 heterocycles. The zero-order valence-corrected chi connectivity index (χ0v) is 14.1. The van der Waals surface area contributed by atoms with Gasteiger partial charge < -0.3 is 4.84 Å². The zero-order valence-electron chi connectivity index (χ0n) is 14.1. The Labute approximate surface area is 137 Å². The van der Waals surface area contributed by atoms with Crippen molar-refractivity contribution in [3.8, 4) is 0 Å². The van der Waals surface area contributed by atoms with Gasteiger partial charge in [0.05, 0.1) is 11.9 Å². The number of allylic oxidation sites excluding steroid dienone is 1. The number of ketones is 1. The molecule has 0 saturated heterocycles. The molecule has 0 unspecified atom stereocenters. The van der Waals surface area contributed by atoms with Gasteiger partial charge in [-0.15, -0.1) is 0 Å². The van der Waals surface area contributed by atoms with Gasteiger partial charge in [0, 0.05) is 17.9 Å². The standard InChI is InChI=1S/C19H23NO3/c1-13(21)23-20(14-8-6-5-7-9-14)12-15-16-10-11-19(4,17(15)22)18(16,2)3/h5-9,12,16H,10-11H2,1-4H3/b15-12-/t16-,19+/m0/s1. The molecule has 2 aliphatic carbocycles. The predicted octanol–water partition coefficient (Wildman–Crippen LogP) is 3.88. The number of Topliss-reactive ketones (excluding diaryl/α,β-unsaturated/α-hetero) is 1. The van der Waals surface area contributed by atoms with Crippen molar-refractivity contribution in [3.05, 3.63) is 42.1 Å². The molecule has 0 N–H and O–H groups in total. The molecule has 2 fully saturated rings. The summed E-state index contributed by atoms with van der Waals surface area (Å²) in [6.07, 6.45) is 3.65. The fourth-order valence-corrected chi connectivity index (χ4v) is 4.07. The smallest absolute Gasteiger partial charge is 0.329 e. The maximum absolute atomic E-state index is 12.9. The fourth-order valence-electron chi connectivity index (χ4n) is 4.07. The highest BCUT2D eigenvalue weighted by Crippen LogP contribution is 2.65. The average molecular weight is 313 g/mol. The third-order valence-electron chi connectivity index (χ3n) is 5.86. The number of rotatable bonds is 3. The third-order valence-corrected chi connectivity index (χ3v) is 5.86. The Morgan fingerprint density at radius 2 is 1.91 bits per heavy atom. The summed E-state index contributed by atoms with van der Waals surface area (Å²) in [4.78, 5) is 29.7. The summed E-state index contributed by atoms with van der Waals surface area (Å²) < 4.78 is 0. The van der Waals surface area contributed by atoms with E-state index in [2.05, 4.69) is 20.8 Å². The summed E-state index contributed by atoms with van der Waals surface area (Å²) >= 11 is 0. The normalized spacial score (nSPS) is 29.8. The second-order valence-corrected chi connectivity index (χ2v) is 7.30. The van der Waals surface area contributed by atoms with Crippen LogP contribution in [0.25, 0.3) is 0 Å². The van der Waals surface area contributed by atoms with Crippen LogP contribution >= 0.6 is 0 Å². The number of para-hydroxylation sites is 1. The Bertz CT molecular complexity index is 677. The first-order valence-corrected chi connectivity index (χ1v) is 8.07. The number of carbonyl (C=O) groups is 2. The van der Waals surface area contributed by atoms with Crippen molar-refractivity contribution in [2.75, 3.05) is 5.06 Å². The van der Waals surface area contributed by atoms with Crippen molar-refractivity contribution in [2.24, 2.45) is 16.7 Å². The molecule has 1 aromatic carbocycles. The summed E-state index contributed by atoms with van der Waals surface area (Å²) in [6.45, 7) is 7.77. The van der Waals surface area contributed by atoms with Gasteiger partial charge in [0.15, 0.2) is 5.78 Å². The molecular formula is C19H23NO3. The minimum Gasteiger partial charge on any atom is -0.337 e. The first kappa shape index (κ1) is 15.8. The highest BCUT2D eigenvalue weighted by molar-refractivity contribution is 6.05. The number of fused-ring (bicyclic) bond motifs is 2. The number of anilines is 1. The second-order valence-electron chi connectivity index (χ2n) is 7.30. The lowest BCUT2D eigenvalue weighted by Gasteiger charge is -2.31. The van der Waals surface area contributed by atoms with E-state index in [0.29, 0.717) is 0 Å². The maximum Gasteiger partial charge on any atom is 0.329 e. The van der Waals surface area contributed by atoms with Gasteiger partial charge in [-0.1, -0.05) is 39.0 Å². The third kappa shape index (κ3) is 2.28. The van der Waals surface area contributed by atoms with E-state index in [-0.39, 0.29) is 22.5 Å². The molecule has 3 rings (SSSR count). The van der Waals surface area contributed by atoms with E-state index in [4.69, 9.17) is 4.84 Å². The Balaban J connectivity index is 2.01. The van der Waals surface area contributed by atoms with Crippen LogP contribution < -0.4 is 5.06 Å². The van der Waals surface area contributed by atoms with Crippen LogP contribution in [0.1, 0.15) is 40.5 Å². The van der Waals surface area contributed by atoms with Crippen LogP contribution in [0.3, 0.4) is 0 Å². The largest absolute Gasteiger partial charge is 0.337 e. The van der Waals surface area contributed by atoms with Gasteiger partial charge in [-0.3, -0.25) is 4.79 Å². The minimum absolute atomic E-state index is 0.0610. The predicted molar refractivity (Wildman–Crippen MR) is 88.4 cm³/mol. The average Bonchev–Trinajstić information content (AvgIpc) is 2.81. The Morgan fingerprint density at radius 3 is 2.43 bits per heavy atom. The summed E-state index contributed by atoms with van der Waals surface area (Å²) in [6, 6.07) is 9.35. The molecule has 0 aliphatic heterocycles. The molecule has 2 atom stereocenters. The molecule has 0 amide bonds. The van der Waals surface area contributed by atoms with E-state index in [0.717, 1.165) is 24.1 Å². The van der Waals surface area contributed by atoms with E-state index in [1.165, 1.54) is 12.0 Å². The molecular weight excluding hydrogens is 290 g/mol. The summed E-state index contributed by atoms with van der Waals surface area (Å²) in [7, 11) is 0. The monoisotopic (exact) mass is 313 g/mol. The van der Waals surface area contributed by atoms with Crippen molar-refractivity contribution in [1.29, 1.82) is 0 Å². The summed E-state index contributed by atoms with van der Waals surface area (Å²) in [5.74, 6) is -0.0135. The lowest BCUT2D eigenvalue weighted by Crippen LogP contribution is -2.32. The van der Waals surface area contributed by atoms with Gasteiger partial charge in [0.2, 0.25) is 0 Å². The molecule has 23 heavy (non-hydrogen) atoms. The molecule has 2 bridgehead atoms. The van der Waals surface area contributed by atoms with Crippen molar-refractivity contribution in [2.45, 2.75) is 40.5 Å². The van der Waals surface area contributed by atoms with Crippen LogP contribution in [0.5, 0.6) is 0 Å². The number of hydrogen-bond donors (Lipinski definition) is 0. The van der Waals surface area contributed by atoms with Gasteiger partial charge in [0.25, 0.3) is 0 Å². The fraction of sp³-hybridized carbons (Fsp3) is 0.474. The minimum atomic E-state index is -0.410. The first-order valence-electron chi connectivity index (χ1n) is 8.07. The van der Waals surface area contributed by atoms with Crippen molar-refractivity contribution in [1.82, 2.24) is 0 Å². The van der Waals surface area contributed by atoms with Crippen LogP contribution in [0.15, 0.2) is 42.1 Å². The van der Waals surface area contributed by atoms with Crippen LogP contribution in [-0.4, -0.2) is 11.8 Å². The Kier molecular flexibility index (Phi) is 3.58. The van der Waals surface area contributed by atoms with E-state index >= 15 is 0 Å². The Hall–Kier alpha value is -2.10. The van der Waals surface area contributed by atoms with Gasteiger partial charge in [-0.25, -0.2) is 4.79 Å². The van der Waals surface area contributed by atoms with E-state index < -0.39 is 5.97 Å². The molecule has 1 aromatic rings. The topological polar surface area (TPSA) is 46.6 Å². The van der Waals surface area contributed by atoms with Crippen molar-refractivity contribution < 1.29 is 14.4 Å². The van der Waals surface area contributed by atoms with E-state index in [9.17, 15) is 9.59 Å². The number of hydrogen-bond acceptors (Lipinski definition) is 4. The molecule has 0 spiro atoms. The summed E-state index contributed by atoms with van der Waals surface area (Å²) in [5, 5.41) is 1.43. The van der Waals surface area contributed by atoms with E-state index in [1.54, 1.807) is 6.20 Å². The maximum atomic E-state index is 12.9. The molecule has 0 radical (unpaired) electrons. The first-order chi connectivity index (χ1) is 10.8. The highest BCUT2D eigenvalue weighted by Gasteiger charge is 2.64. The summed E-state index contributed by atoms with van der Waals surface area (Å²) in [5.41, 5.74) is 1.12. The number of hydroxylamine groups is 1. The zero-order chi connectivity index (χ0) is 16.8. The lowest BCUT2D eigenvalue weighted by molar-refractivity contribution is -0.141. The molecule has 4 nitrogen and oxygen atoms in total. The molecule has 4 heteroatoms. The SMILES string of the molecule is CC(=O)ON(/C=C1\C(=O)[C@@]2(C)CC[C@@H]1C2(C)C)c1ccccc1. The van der Waals surface area contributed by atoms with E-state index in [1.807, 2.05) is 30.3 Å². The van der Waals surface area contributed by atoms with Gasteiger partial charge in [0.1, 0.15) is 0 Å². The second kappa shape index (κ2) is 5.22. The quantitative estimate of drug-likeness (QED) is 0.627. The molecule has 2 saturated carbocycles. The number of carbonyl (C=O) groups excluding carboxylic acids is 2. The Morgan fingerprint density at radius 1 is 1.26 bits per heavy atom. The molecule has 0 aromatic heterocycles. The number of nitrogens with zero attached hydrogens (tertiary/aromatic N) is 1. The van der Waals surface area contributed by atoms with Crippen molar-refractivity contribution in [3.63, 3.8) is 0 Å². The number of benzene rings is 1. The van der Waals surface area contributed by atoms with Crippen LogP contribution in [0.4, 0.5) is 5.69 Å². The highest BCUT2D eigenvalue weighted by atomic mass is 16.7. The van der Waals surface area contributed by atoms with Crippen molar-refractivity contribution >= 4 is 17.4 Å². The molecule has 2 aliphatic rings.